The second kappa shape index (κ2) is 9.77. The maximum Gasteiger partial charge on any atom is 0.270 e. The molecule has 184 valence electrons. The molecule has 2 aliphatic heterocycles. The molecule has 1 saturated heterocycles. The molecule has 0 atom stereocenters. The van der Waals surface area contributed by atoms with Crippen molar-refractivity contribution in [1.29, 1.82) is 5.26 Å². The van der Waals surface area contributed by atoms with E-state index in [0.717, 1.165) is 47.3 Å². The Hall–Kier alpha value is -4.26. The molecule has 1 fully saturated rings. The summed E-state index contributed by atoms with van der Waals surface area (Å²) in [5.41, 5.74) is 3.51. The van der Waals surface area contributed by atoms with E-state index >= 15 is 0 Å². The van der Waals surface area contributed by atoms with Crippen molar-refractivity contribution in [1.82, 2.24) is 34.9 Å². The minimum absolute atomic E-state index is 0.0429. The Labute approximate surface area is 209 Å². The van der Waals surface area contributed by atoms with Gasteiger partial charge in [0.1, 0.15) is 23.2 Å². The maximum atomic E-state index is 12.5. The summed E-state index contributed by atoms with van der Waals surface area (Å²) in [6, 6.07) is 4.35. The van der Waals surface area contributed by atoms with Gasteiger partial charge in [-0.25, -0.2) is 15.0 Å². The predicted octanol–water partition coefficient (Wildman–Crippen LogP) is 3.29. The number of aromatic nitrogens is 5. The molecular weight excluding hydrogens is 454 g/mol. The van der Waals surface area contributed by atoms with E-state index in [0.29, 0.717) is 25.2 Å². The van der Waals surface area contributed by atoms with E-state index in [1.807, 2.05) is 43.1 Å². The van der Waals surface area contributed by atoms with Crippen LogP contribution in [0.15, 0.2) is 60.0 Å². The minimum atomic E-state index is -0.434. The van der Waals surface area contributed by atoms with Gasteiger partial charge in [-0.2, -0.15) is 10.4 Å². The molecular formula is C26H29N9O. The van der Waals surface area contributed by atoms with Crippen LogP contribution in [0.25, 0.3) is 22.3 Å². The summed E-state index contributed by atoms with van der Waals surface area (Å²) >= 11 is 0. The van der Waals surface area contributed by atoms with Gasteiger partial charge in [-0.05, 0) is 45.3 Å². The number of carbonyl (C=O) groups excluding carboxylic acids is 1. The fourth-order valence-electron chi connectivity index (χ4n) is 4.72. The van der Waals surface area contributed by atoms with Crippen molar-refractivity contribution >= 4 is 22.7 Å². The molecule has 0 aromatic carbocycles. The SMILES string of the molecule is CC(C)NC(=O)C1=N/C=C(/N2CC(CC#N)(n3cc(-c4ncnc5[nH]ccc45)cn3)C2)CCC/C=C\1. The fraction of sp³-hybridized carbons (Fsp3) is 0.385. The largest absolute Gasteiger partial charge is 0.368 e. The lowest BCUT2D eigenvalue weighted by Gasteiger charge is -2.51. The molecule has 3 aromatic heterocycles. The van der Waals surface area contributed by atoms with Crippen molar-refractivity contribution in [2.75, 3.05) is 13.1 Å². The number of H-pyrrole nitrogens is 1. The first-order chi connectivity index (χ1) is 17.5. The molecule has 36 heavy (non-hydrogen) atoms. The zero-order valence-electron chi connectivity index (χ0n) is 20.5. The second-order valence-corrected chi connectivity index (χ2v) is 9.61. The number of aromatic amines is 1. The van der Waals surface area contributed by atoms with Crippen LogP contribution in [0.3, 0.4) is 0 Å². The fourth-order valence-corrected chi connectivity index (χ4v) is 4.72. The van der Waals surface area contributed by atoms with Crippen molar-refractivity contribution in [3.63, 3.8) is 0 Å². The minimum Gasteiger partial charge on any atom is -0.368 e. The van der Waals surface area contributed by atoms with Crippen LogP contribution in [-0.2, 0) is 10.3 Å². The molecule has 0 saturated carbocycles. The number of carbonyl (C=O) groups is 1. The molecule has 1 amide bonds. The standard InChI is InChI=1S/C26H29N9O/c1-18(2)33-25(36)22-7-5-3-4-6-20(13-29-22)34-15-26(16-34,9-10-27)35-14-19(12-32-35)23-21-8-11-28-24(21)31-17-30-23/h5,7-8,11-14,17-18H,3-4,6,9,15-16H2,1-2H3,(H,33,36)(H,28,30,31)/b7-5-,20-13+,29-22+. The lowest BCUT2D eigenvalue weighted by atomic mass is 9.86. The number of nitrogens with one attached hydrogen (secondary N) is 2. The number of likely N-dealkylation sites (tertiary alicyclic amines) is 1. The zero-order valence-corrected chi connectivity index (χ0v) is 20.5. The highest BCUT2D eigenvalue weighted by molar-refractivity contribution is 6.43. The van der Waals surface area contributed by atoms with Gasteiger partial charge in [0.15, 0.2) is 0 Å². The van der Waals surface area contributed by atoms with Crippen LogP contribution >= 0.6 is 0 Å². The second-order valence-electron chi connectivity index (χ2n) is 9.61. The first-order valence-electron chi connectivity index (χ1n) is 12.2. The van der Waals surface area contributed by atoms with E-state index in [1.165, 1.54) is 6.33 Å². The van der Waals surface area contributed by atoms with Gasteiger partial charge in [0, 0.05) is 54.4 Å². The van der Waals surface area contributed by atoms with Crippen LogP contribution in [0.2, 0.25) is 0 Å². The molecule has 0 spiro atoms. The molecule has 0 radical (unpaired) electrons. The average molecular weight is 484 g/mol. The third kappa shape index (κ3) is 4.52. The molecule has 3 aromatic rings. The number of nitrogens with zero attached hydrogens (tertiary/aromatic N) is 7. The Bertz CT molecular complexity index is 1400. The van der Waals surface area contributed by atoms with E-state index in [4.69, 9.17) is 0 Å². The molecule has 5 rings (SSSR count). The van der Waals surface area contributed by atoms with Gasteiger partial charge in [-0.1, -0.05) is 6.08 Å². The number of amides is 1. The van der Waals surface area contributed by atoms with Crippen LogP contribution in [0.1, 0.15) is 39.5 Å². The Balaban J connectivity index is 1.38. The molecule has 0 aliphatic carbocycles. The number of hydrogen-bond donors (Lipinski definition) is 2. The molecule has 0 bridgehead atoms. The van der Waals surface area contributed by atoms with Gasteiger partial charge in [-0.3, -0.25) is 9.48 Å². The monoisotopic (exact) mass is 483 g/mol. The Morgan fingerprint density at radius 1 is 1.33 bits per heavy atom. The predicted molar refractivity (Wildman–Crippen MR) is 137 cm³/mol. The number of nitriles is 1. The van der Waals surface area contributed by atoms with E-state index in [1.54, 1.807) is 18.5 Å². The van der Waals surface area contributed by atoms with Crippen molar-refractivity contribution in [2.24, 2.45) is 4.99 Å². The van der Waals surface area contributed by atoms with E-state index < -0.39 is 5.54 Å². The van der Waals surface area contributed by atoms with Crippen LogP contribution in [0.5, 0.6) is 0 Å². The summed E-state index contributed by atoms with van der Waals surface area (Å²) in [6.45, 7) is 5.15. The van der Waals surface area contributed by atoms with Crippen LogP contribution in [0.4, 0.5) is 0 Å². The Morgan fingerprint density at radius 3 is 3.00 bits per heavy atom. The Kier molecular flexibility index (Phi) is 6.38. The van der Waals surface area contributed by atoms with Crippen molar-refractivity contribution in [2.45, 2.75) is 51.1 Å². The first-order valence-corrected chi connectivity index (χ1v) is 12.2. The molecule has 5 heterocycles. The molecule has 2 N–H and O–H groups in total. The number of hydrogen-bond acceptors (Lipinski definition) is 7. The van der Waals surface area contributed by atoms with Crippen LogP contribution < -0.4 is 5.32 Å². The molecule has 10 nitrogen and oxygen atoms in total. The number of allylic oxidation sites excluding steroid dienone is 2. The number of fused-ring (bicyclic) bond motifs is 1. The number of aliphatic imine (C=N–C) groups is 1. The van der Waals surface area contributed by atoms with Gasteiger partial charge >= 0.3 is 0 Å². The van der Waals surface area contributed by atoms with E-state index in [-0.39, 0.29) is 11.9 Å². The Morgan fingerprint density at radius 2 is 2.19 bits per heavy atom. The van der Waals surface area contributed by atoms with E-state index in [2.05, 4.69) is 41.3 Å². The summed E-state index contributed by atoms with van der Waals surface area (Å²) < 4.78 is 1.91. The van der Waals surface area contributed by atoms with Gasteiger partial charge in [0.2, 0.25) is 0 Å². The smallest absolute Gasteiger partial charge is 0.270 e. The summed E-state index contributed by atoms with van der Waals surface area (Å²) in [5.74, 6) is -0.175. The summed E-state index contributed by atoms with van der Waals surface area (Å²) in [7, 11) is 0. The first kappa shape index (κ1) is 23.5. The van der Waals surface area contributed by atoms with E-state index in [9.17, 15) is 10.1 Å². The van der Waals surface area contributed by atoms with Gasteiger partial charge in [0.05, 0.1) is 24.4 Å². The quantitative estimate of drug-likeness (QED) is 0.554. The summed E-state index contributed by atoms with van der Waals surface area (Å²) in [4.78, 5) is 31.1. The van der Waals surface area contributed by atoms with Gasteiger partial charge < -0.3 is 15.2 Å². The number of rotatable bonds is 6. The third-order valence-electron chi connectivity index (χ3n) is 6.57. The van der Waals surface area contributed by atoms with Gasteiger partial charge in [0.25, 0.3) is 5.91 Å². The van der Waals surface area contributed by atoms with Crippen molar-refractivity contribution in [3.05, 3.63) is 55.0 Å². The molecule has 2 aliphatic rings. The third-order valence-corrected chi connectivity index (χ3v) is 6.57. The lowest BCUT2D eigenvalue weighted by Crippen LogP contribution is -2.62. The zero-order chi connectivity index (χ0) is 25.1. The van der Waals surface area contributed by atoms with Crippen LogP contribution in [-0.4, -0.2) is 60.4 Å². The summed E-state index contributed by atoms with van der Waals surface area (Å²) in [5, 5.41) is 18.1. The maximum absolute atomic E-state index is 12.5. The highest BCUT2D eigenvalue weighted by Gasteiger charge is 2.46. The highest BCUT2D eigenvalue weighted by atomic mass is 16.1. The summed E-state index contributed by atoms with van der Waals surface area (Å²) in [6.07, 6.45) is 15.8. The van der Waals surface area contributed by atoms with Crippen LogP contribution in [0, 0.1) is 11.3 Å². The van der Waals surface area contributed by atoms with Gasteiger partial charge in [-0.15, -0.1) is 0 Å². The average Bonchev–Trinajstić information content (AvgIpc) is 3.52. The molecule has 0 unspecified atom stereocenters. The normalized spacial score (nSPS) is 21.2. The topological polar surface area (TPSA) is 128 Å². The highest BCUT2D eigenvalue weighted by Crippen LogP contribution is 2.37. The molecule has 10 heteroatoms. The lowest BCUT2D eigenvalue weighted by molar-refractivity contribution is -0.115. The van der Waals surface area contributed by atoms with Crippen molar-refractivity contribution < 1.29 is 4.79 Å². The van der Waals surface area contributed by atoms with Crippen molar-refractivity contribution in [3.8, 4) is 17.3 Å².